The number of carbonyl (C=O) groups excluding carboxylic acids is 2. The van der Waals surface area contributed by atoms with Gasteiger partial charge >= 0.3 is 5.97 Å². The van der Waals surface area contributed by atoms with Crippen molar-refractivity contribution < 1.29 is 14.3 Å². The summed E-state index contributed by atoms with van der Waals surface area (Å²) in [7, 11) is 0. The molecule has 240 valence electrons. The van der Waals surface area contributed by atoms with Gasteiger partial charge in [-0.3, -0.25) is 9.69 Å². The molecule has 1 aliphatic heterocycles. The molecule has 6 heteroatoms. The van der Waals surface area contributed by atoms with Gasteiger partial charge in [-0.1, -0.05) is 109 Å². The molecule has 0 aromatic heterocycles. The van der Waals surface area contributed by atoms with E-state index in [-0.39, 0.29) is 37.1 Å². The van der Waals surface area contributed by atoms with Crippen molar-refractivity contribution in [2.45, 2.75) is 44.8 Å². The van der Waals surface area contributed by atoms with E-state index in [0.717, 1.165) is 60.1 Å². The number of nitrogens with two attached hydrogens (primary N) is 1. The minimum atomic E-state index is -0.390. The molecule has 0 aliphatic carbocycles. The summed E-state index contributed by atoms with van der Waals surface area (Å²) in [5.74, 6) is -0.260. The van der Waals surface area contributed by atoms with Crippen molar-refractivity contribution in [1.29, 1.82) is 0 Å². The third kappa shape index (κ3) is 7.79. The average molecular weight is 626 g/mol. The first-order chi connectivity index (χ1) is 23.0. The first kappa shape index (κ1) is 32.2. The molecule has 1 saturated heterocycles. The zero-order valence-electron chi connectivity index (χ0n) is 27.1. The standard InChI is InChI=1S/C41H43N3O3/c1-30(34-14-9-15-36(28-34)38-16-7-8-17-39(38)41(46)47-25-22-42)44(37-20-23-43(24-21-37)29-31-10-3-2-4-11-31)40(45)27-32-18-19-33-12-5-6-13-35(33)26-32/h2-19,26,28,30,37H,20-25,27,29,42H2,1H3. The van der Waals surface area contributed by atoms with Gasteiger partial charge in [-0.25, -0.2) is 4.79 Å². The van der Waals surface area contributed by atoms with Crippen LogP contribution in [0.15, 0.2) is 121 Å². The van der Waals surface area contributed by atoms with Crippen LogP contribution in [0.3, 0.4) is 0 Å². The van der Waals surface area contributed by atoms with Gasteiger partial charge < -0.3 is 15.4 Å². The highest BCUT2D eigenvalue weighted by atomic mass is 16.5. The van der Waals surface area contributed by atoms with Crippen molar-refractivity contribution >= 4 is 22.6 Å². The highest BCUT2D eigenvalue weighted by molar-refractivity contribution is 5.97. The normalized spacial score (nSPS) is 14.5. The summed E-state index contributed by atoms with van der Waals surface area (Å²) in [6, 6.07) is 40.8. The molecule has 6 rings (SSSR count). The van der Waals surface area contributed by atoms with Crippen LogP contribution in [-0.4, -0.2) is 54.0 Å². The van der Waals surface area contributed by atoms with Crippen molar-refractivity contribution in [3.05, 3.63) is 144 Å². The summed E-state index contributed by atoms with van der Waals surface area (Å²) in [6.07, 6.45) is 2.17. The Labute approximate surface area is 277 Å². The van der Waals surface area contributed by atoms with Crippen molar-refractivity contribution in [1.82, 2.24) is 9.80 Å². The Balaban J connectivity index is 1.27. The molecular formula is C41H43N3O3. The van der Waals surface area contributed by atoms with Gasteiger partial charge in [-0.2, -0.15) is 0 Å². The molecule has 0 saturated carbocycles. The molecule has 1 atom stereocenters. The Morgan fingerprint density at radius 1 is 0.809 bits per heavy atom. The molecule has 1 amide bonds. The van der Waals surface area contributed by atoms with E-state index in [1.807, 2.05) is 42.5 Å². The van der Waals surface area contributed by atoms with Crippen molar-refractivity contribution in [2.75, 3.05) is 26.2 Å². The third-order valence-electron chi connectivity index (χ3n) is 9.25. The van der Waals surface area contributed by atoms with Gasteiger partial charge in [-0.15, -0.1) is 0 Å². The number of likely N-dealkylation sites (tertiary alicyclic amines) is 1. The highest BCUT2D eigenvalue weighted by Crippen LogP contribution is 2.33. The van der Waals surface area contributed by atoms with Gasteiger partial charge in [0.1, 0.15) is 6.61 Å². The summed E-state index contributed by atoms with van der Waals surface area (Å²) in [5, 5.41) is 2.31. The predicted molar refractivity (Wildman–Crippen MR) is 189 cm³/mol. The first-order valence-electron chi connectivity index (χ1n) is 16.6. The van der Waals surface area contributed by atoms with Crippen LogP contribution in [0, 0.1) is 0 Å². The van der Waals surface area contributed by atoms with Gasteiger partial charge in [0.15, 0.2) is 0 Å². The molecular weight excluding hydrogens is 582 g/mol. The first-order valence-corrected chi connectivity index (χ1v) is 16.6. The van der Waals surface area contributed by atoms with E-state index in [1.54, 1.807) is 6.07 Å². The van der Waals surface area contributed by atoms with E-state index >= 15 is 0 Å². The summed E-state index contributed by atoms with van der Waals surface area (Å²) in [6.45, 7) is 5.37. The Kier molecular flexibility index (Phi) is 10.4. The number of carbonyl (C=O) groups is 2. The Bertz CT molecular complexity index is 1810. The SMILES string of the molecule is CC(c1cccc(-c2ccccc2C(=O)OCCN)c1)N(C(=O)Cc1ccc2ccccc2c1)C1CCN(Cc2ccccc2)CC1. The fraction of sp³-hybridized carbons (Fsp3) is 0.268. The van der Waals surface area contributed by atoms with Crippen LogP contribution in [0.4, 0.5) is 0 Å². The molecule has 0 spiro atoms. The largest absolute Gasteiger partial charge is 0.461 e. The van der Waals surface area contributed by atoms with E-state index < -0.39 is 0 Å². The number of piperidine rings is 1. The second kappa shape index (κ2) is 15.2. The van der Waals surface area contributed by atoms with Crippen LogP contribution in [0.2, 0.25) is 0 Å². The average Bonchev–Trinajstić information content (AvgIpc) is 3.12. The van der Waals surface area contributed by atoms with Gasteiger partial charge in [0, 0.05) is 32.2 Å². The number of nitrogens with zero attached hydrogens (tertiary/aromatic N) is 2. The Morgan fingerprint density at radius 3 is 2.32 bits per heavy atom. The van der Waals surface area contributed by atoms with E-state index in [0.29, 0.717) is 12.0 Å². The topological polar surface area (TPSA) is 75.9 Å². The fourth-order valence-electron chi connectivity index (χ4n) is 6.82. The predicted octanol–water partition coefficient (Wildman–Crippen LogP) is 7.42. The molecule has 5 aromatic rings. The molecule has 1 unspecified atom stereocenters. The molecule has 1 aliphatic rings. The van der Waals surface area contributed by atoms with E-state index in [2.05, 4.69) is 89.5 Å². The molecule has 0 bridgehead atoms. The van der Waals surface area contributed by atoms with E-state index in [1.165, 1.54) is 10.9 Å². The number of hydrogen-bond donors (Lipinski definition) is 1. The molecule has 2 N–H and O–H groups in total. The lowest BCUT2D eigenvalue weighted by Gasteiger charge is -2.42. The van der Waals surface area contributed by atoms with Gasteiger partial charge in [0.2, 0.25) is 5.91 Å². The summed E-state index contributed by atoms with van der Waals surface area (Å²) < 4.78 is 5.37. The van der Waals surface area contributed by atoms with Crippen molar-refractivity contribution in [2.24, 2.45) is 5.73 Å². The number of ether oxygens (including phenoxy) is 1. The number of esters is 1. The number of benzene rings is 5. The summed E-state index contributed by atoms with van der Waals surface area (Å²) >= 11 is 0. The number of hydrogen-bond acceptors (Lipinski definition) is 5. The molecule has 1 fully saturated rings. The number of rotatable bonds is 11. The monoisotopic (exact) mass is 625 g/mol. The van der Waals surface area contributed by atoms with Gasteiger partial charge in [0.05, 0.1) is 18.0 Å². The Morgan fingerprint density at radius 2 is 1.53 bits per heavy atom. The van der Waals surface area contributed by atoms with Crippen LogP contribution in [-0.2, 0) is 22.5 Å². The van der Waals surface area contributed by atoms with Crippen LogP contribution < -0.4 is 5.73 Å². The second-order valence-corrected chi connectivity index (χ2v) is 12.4. The maximum atomic E-state index is 14.4. The molecule has 6 nitrogen and oxygen atoms in total. The molecule has 5 aromatic carbocycles. The van der Waals surface area contributed by atoms with Crippen LogP contribution in [0.1, 0.15) is 52.9 Å². The minimum absolute atomic E-state index is 0.118. The third-order valence-corrected chi connectivity index (χ3v) is 9.25. The second-order valence-electron chi connectivity index (χ2n) is 12.4. The highest BCUT2D eigenvalue weighted by Gasteiger charge is 2.32. The van der Waals surface area contributed by atoms with Crippen molar-refractivity contribution in [3.63, 3.8) is 0 Å². The minimum Gasteiger partial charge on any atom is -0.461 e. The Hall–Kier alpha value is -4.78. The fourth-order valence-corrected chi connectivity index (χ4v) is 6.82. The number of fused-ring (bicyclic) bond motifs is 1. The van der Waals surface area contributed by atoms with Crippen LogP contribution >= 0.6 is 0 Å². The molecule has 0 radical (unpaired) electrons. The zero-order valence-corrected chi connectivity index (χ0v) is 27.1. The molecule has 1 heterocycles. The van der Waals surface area contributed by atoms with Gasteiger partial charge in [-0.05, 0) is 70.5 Å². The lowest BCUT2D eigenvalue weighted by molar-refractivity contribution is -0.136. The van der Waals surface area contributed by atoms with E-state index in [4.69, 9.17) is 10.5 Å². The molecule has 47 heavy (non-hydrogen) atoms. The van der Waals surface area contributed by atoms with Crippen LogP contribution in [0.5, 0.6) is 0 Å². The summed E-state index contributed by atoms with van der Waals surface area (Å²) in [5.41, 5.74) is 11.2. The lowest BCUT2D eigenvalue weighted by atomic mass is 9.93. The summed E-state index contributed by atoms with van der Waals surface area (Å²) in [4.78, 5) is 31.9. The maximum absolute atomic E-state index is 14.4. The zero-order chi connectivity index (χ0) is 32.6. The van der Waals surface area contributed by atoms with Crippen molar-refractivity contribution in [3.8, 4) is 11.1 Å². The smallest absolute Gasteiger partial charge is 0.338 e. The number of amides is 1. The van der Waals surface area contributed by atoms with E-state index in [9.17, 15) is 9.59 Å². The van der Waals surface area contributed by atoms with Gasteiger partial charge in [0.25, 0.3) is 0 Å². The maximum Gasteiger partial charge on any atom is 0.338 e. The van der Waals surface area contributed by atoms with Crippen LogP contribution in [0.25, 0.3) is 21.9 Å². The quantitative estimate of drug-likeness (QED) is 0.155. The lowest BCUT2D eigenvalue weighted by Crippen LogP contribution is -2.48.